The van der Waals surface area contributed by atoms with Crippen molar-refractivity contribution in [3.8, 4) is 17.0 Å². The summed E-state index contributed by atoms with van der Waals surface area (Å²) >= 11 is 0. The second-order valence-corrected chi connectivity index (χ2v) is 8.00. The summed E-state index contributed by atoms with van der Waals surface area (Å²) < 4.78 is 51.4. The highest BCUT2D eigenvalue weighted by molar-refractivity contribution is 7.89. The first-order valence-corrected chi connectivity index (χ1v) is 9.92. The lowest BCUT2D eigenvalue weighted by Gasteiger charge is -2.19. The Morgan fingerprint density at radius 2 is 2.15 bits per heavy atom. The van der Waals surface area contributed by atoms with Gasteiger partial charge in [0.2, 0.25) is 15.9 Å². The Morgan fingerprint density at radius 3 is 2.88 bits per heavy atom. The standard InChI is InChI=1S/C18H21N3O4S/c1-11-9-12-5-4-6-14(12)17(20-18(22)21-26(3,23)24)16(11)13-7-8-19-15(10-13)25-2/h7-10H,4-6H2,1-3H3,(H2,20,21,22)/i2D3. The highest BCUT2D eigenvalue weighted by Crippen LogP contribution is 2.40. The number of carbonyl (C=O) groups is 1. The maximum atomic E-state index is 12.3. The molecule has 2 aromatic rings. The molecule has 0 aliphatic heterocycles. The van der Waals surface area contributed by atoms with Gasteiger partial charge in [0, 0.05) is 17.8 Å². The largest absolute Gasteiger partial charge is 0.481 e. The summed E-state index contributed by atoms with van der Waals surface area (Å²) in [6.45, 7) is 1.87. The molecule has 8 heteroatoms. The molecule has 1 heterocycles. The van der Waals surface area contributed by atoms with Gasteiger partial charge in [0.05, 0.1) is 23.1 Å². The molecule has 0 saturated heterocycles. The van der Waals surface area contributed by atoms with E-state index < -0.39 is 23.1 Å². The number of urea groups is 1. The molecule has 0 saturated carbocycles. The zero-order chi connectivity index (χ0) is 21.4. The van der Waals surface area contributed by atoms with Gasteiger partial charge in [0.1, 0.15) is 0 Å². The Hall–Kier alpha value is -2.61. The number of carbonyl (C=O) groups excluding carboxylic acids is 1. The Kier molecular flexibility index (Phi) is 3.89. The first-order chi connectivity index (χ1) is 13.4. The van der Waals surface area contributed by atoms with Crippen LogP contribution in [0.5, 0.6) is 5.88 Å². The lowest BCUT2D eigenvalue weighted by Crippen LogP contribution is -2.34. The number of aryl methyl sites for hydroxylation is 2. The van der Waals surface area contributed by atoms with Crippen molar-refractivity contribution in [3.05, 3.63) is 41.1 Å². The van der Waals surface area contributed by atoms with Crippen LogP contribution >= 0.6 is 0 Å². The van der Waals surface area contributed by atoms with E-state index in [4.69, 9.17) is 8.85 Å². The molecule has 0 spiro atoms. The zero-order valence-electron chi connectivity index (χ0n) is 17.4. The minimum Gasteiger partial charge on any atom is -0.481 e. The average molecular weight is 378 g/mol. The highest BCUT2D eigenvalue weighted by Gasteiger charge is 2.23. The molecule has 7 nitrogen and oxygen atoms in total. The summed E-state index contributed by atoms with van der Waals surface area (Å²) in [5.74, 6) is -0.0751. The van der Waals surface area contributed by atoms with Crippen molar-refractivity contribution in [2.45, 2.75) is 26.2 Å². The molecule has 0 bridgehead atoms. The van der Waals surface area contributed by atoms with Gasteiger partial charge in [-0.15, -0.1) is 0 Å². The summed E-state index contributed by atoms with van der Waals surface area (Å²) in [6, 6.07) is 4.33. The molecule has 138 valence electrons. The van der Waals surface area contributed by atoms with E-state index in [0.29, 0.717) is 16.8 Å². The molecule has 3 rings (SSSR count). The van der Waals surface area contributed by atoms with Crippen LogP contribution < -0.4 is 14.8 Å². The Bertz CT molecular complexity index is 1070. The zero-order valence-corrected chi connectivity index (χ0v) is 15.2. The van der Waals surface area contributed by atoms with E-state index in [0.717, 1.165) is 42.2 Å². The number of sulfonamides is 1. The fraction of sp³-hybridized carbons (Fsp3) is 0.333. The molecule has 0 fully saturated rings. The van der Waals surface area contributed by atoms with Crippen LogP contribution in [0.4, 0.5) is 10.5 Å². The van der Waals surface area contributed by atoms with Crippen molar-refractivity contribution in [2.24, 2.45) is 0 Å². The van der Waals surface area contributed by atoms with E-state index in [-0.39, 0.29) is 5.88 Å². The fourth-order valence-electron chi connectivity index (χ4n) is 3.33. The number of nitrogens with zero attached hydrogens (tertiary/aromatic N) is 1. The van der Waals surface area contributed by atoms with Crippen molar-refractivity contribution >= 4 is 21.7 Å². The number of rotatable bonds is 4. The van der Waals surface area contributed by atoms with Crippen LogP contribution in [-0.4, -0.2) is 32.7 Å². The molecule has 1 aromatic heterocycles. The first-order valence-electron chi connectivity index (χ1n) is 9.52. The van der Waals surface area contributed by atoms with Gasteiger partial charge >= 0.3 is 6.03 Å². The van der Waals surface area contributed by atoms with Crippen LogP contribution in [0.25, 0.3) is 11.1 Å². The molecule has 0 radical (unpaired) electrons. The molecule has 0 unspecified atom stereocenters. The first kappa shape index (κ1) is 14.5. The number of hydrogen-bond donors (Lipinski definition) is 2. The lowest BCUT2D eigenvalue weighted by atomic mass is 9.93. The second kappa shape index (κ2) is 6.95. The van der Waals surface area contributed by atoms with Crippen molar-refractivity contribution in [1.82, 2.24) is 9.71 Å². The maximum Gasteiger partial charge on any atom is 0.332 e. The van der Waals surface area contributed by atoms with Crippen molar-refractivity contribution in [1.29, 1.82) is 0 Å². The minimum absolute atomic E-state index is 0.0751. The number of nitrogens with one attached hydrogen (secondary N) is 2. The third kappa shape index (κ3) is 3.80. The topological polar surface area (TPSA) is 97.4 Å². The van der Waals surface area contributed by atoms with E-state index >= 15 is 0 Å². The maximum absolute atomic E-state index is 12.3. The monoisotopic (exact) mass is 378 g/mol. The van der Waals surface area contributed by atoms with Gasteiger partial charge in [-0.25, -0.2) is 22.9 Å². The molecular formula is C18H21N3O4S. The van der Waals surface area contributed by atoms with Gasteiger partial charge in [0.25, 0.3) is 0 Å². The number of hydrogen-bond acceptors (Lipinski definition) is 5. The Morgan fingerprint density at radius 1 is 1.35 bits per heavy atom. The molecule has 2 N–H and O–H groups in total. The van der Waals surface area contributed by atoms with Crippen LogP contribution in [0.3, 0.4) is 0 Å². The molecule has 26 heavy (non-hydrogen) atoms. The van der Waals surface area contributed by atoms with E-state index in [2.05, 4.69) is 10.3 Å². The summed E-state index contributed by atoms with van der Waals surface area (Å²) in [6.07, 6.45) is 4.84. The number of methoxy groups -OCH3 is 1. The molecule has 0 atom stereocenters. The van der Waals surface area contributed by atoms with Gasteiger partial charge in [-0.2, -0.15) is 0 Å². The number of aromatic nitrogens is 1. The smallest absolute Gasteiger partial charge is 0.332 e. The second-order valence-electron chi connectivity index (χ2n) is 6.25. The van der Waals surface area contributed by atoms with Crippen LogP contribution in [-0.2, 0) is 22.9 Å². The number of pyridine rings is 1. The third-order valence-electron chi connectivity index (χ3n) is 4.24. The third-order valence-corrected chi connectivity index (χ3v) is 4.80. The highest BCUT2D eigenvalue weighted by atomic mass is 32.2. The lowest BCUT2D eigenvalue weighted by molar-refractivity contribution is 0.256. The molecule has 1 aliphatic rings. The predicted molar refractivity (Wildman–Crippen MR) is 100.0 cm³/mol. The fourth-order valence-corrected chi connectivity index (χ4v) is 3.72. The quantitative estimate of drug-likeness (QED) is 0.852. The van der Waals surface area contributed by atoms with Gasteiger partial charge in [-0.1, -0.05) is 6.07 Å². The number of anilines is 1. The molecular weight excluding hydrogens is 354 g/mol. The van der Waals surface area contributed by atoms with E-state index in [1.807, 2.05) is 17.7 Å². The van der Waals surface area contributed by atoms with E-state index in [1.165, 1.54) is 12.3 Å². The summed E-state index contributed by atoms with van der Waals surface area (Å²) in [5.41, 5.74) is 4.64. The minimum atomic E-state index is -3.73. The van der Waals surface area contributed by atoms with Gasteiger partial charge in [0.15, 0.2) is 0 Å². The van der Waals surface area contributed by atoms with E-state index in [9.17, 15) is 13.2 Å². The van der Waals surface area contributed by atoms with Crippen LogP contribution in [0.1, 0.15) is 27.2 Å². The van der Waals surface area contributed by atoms with Crippen LogP contribution in [0, 0.1) is 6.92 Å². The average Bonchev–Trinajstić information content (AvgIpc) is 2.99. The van der Waals surface area contributed by atoms with Crippen molar-refractivity contribution in [3.63, 3.8) is 0 Å². The number of benzene rings is 1. The molecule has 1 aromatic carbocycles. The summed E-state index contributed by atoms with van der Waals surface area (Å²) in [4.78, 5) is 16.2. The summed E-state index contributed by atoms with van der Waals surface area (Å²) in [7, 11) is -6.37. The van der Waals surface area contributed by atoms with E-state index in [1.54, 1.807) is 6.07 Å². The molecule has 2 amide bonds. The van der Waals surface area contributed by atoms with Gasteiger partial charge in [-0.05, 0) is 54.5 Å². The van der Waals surface area contributed by atoms with Gasteiger partial charge < -0.3 is 10.1 Å². The SMILES string of the molecule is [2H]C([2H])([2H])Oc1cc(-c2c(C)cc3c(c2NC(=O)NS(C)(=O)=O)CCC3)ccn1. The van der Waals surface area contributed by atoms with Crippen molar-refractivity contribution < 1.29 is 22.1 Å². The predicted octanol–water partition coefficient (Wildman–Crippen LogP) is 2.64. The van der Waals surface area contributed by atoms with Crippen LogP contribution in [0.15, 0.2) is 24.4 Å². The Labute approximate surface area is 157 Å². The van der Waals surface area contributed by atoms with Crippen molar-refractivity contribution in [2.75, 3.05) is 18.6 Å². The molecule has 1 aliphatic carbocycles. The number of ether oxygens (including phenoxy) is 1. The van der Waals surface area contributed by atoms with Gasteiger partial charge in [-0.3, -0.25) is 0 Å². The number of amides is 2. The summed E-state index contributed by atoms with van der Waals surface area (Å²) in [5, 5.41) is 2.67. The van der Waals surface area contributed by atoms with Crippen LogP contribution in [0.2, 0.25) is 0 Å². The normalized spacial score (nSPS) is 15.4. The Balaban J connectivity index is 2.09. The number of fused-ring (bicyclic) bond motifs is 1.